The van der Waals surface area contributed by atoms with Gasteiger partial charge < -0.3 is 10.6 Å². The van der Waals surface area contributed by atoms with E-state index in [4.69, 9.17) is 0 Å². The maximum absolute atomic E-state index is 12.6. The summed E-state index contributed by atoms with van der Waals surface area (Å²) in [7, 11) is 0. The van der Waals surface area contributed by atoms with Gasteiger partial charge in [0, 0.05) is 5.69 Å². The van der Waals surface area contributed by atoms with Crippen LogP contribution in [0.1, 0.15) is 32.6 Å². The molecule has 1 aromatic carbocycles. The summed E-state index contributed by atoms with van der Waals surface area (Å²) in [5, 5.41) is 6.47. The van der Waals surface area contributed by atoms with Crippen molar-refractivity contribution in [3.63, 3.8) is 0 Å². The molecule has 1 aliphatic heterocycles. The first kappa shape index (κ1) is 13.5. The zero-order valence-electron chi connectivity index (χ0n) is 11.6. The smallest absolute Gasteiger partial charge is 0.244 e. The van der Waals surface area contributed by atoms with E-state index in [1.165, 1.54) is 0 Å². The van der Waals surface area contributed by atoms with Gasteiger partial charge in [0.05, 0.1) is 21.3 Å². The Hall–Kier alpha value is -1.46. The third-order valence-corrected chi connectivity index (χ3v) is 4.74. The van der Waals surface area contributed by atoms with Gasteiger partial charge in [0.15, 0.2) is 0 Å². The summed E-state index contributed by atoms with van der Waals surface area (Å²) in [4.78, 5) is 16.9. The molecule has 3 rings (SSSR count). The highest BCUT2D eigenvalue weighted by Gasteiger charge is 2.39. The summed E-state index contributed by atoms with van der Waals surface area (Å²) in [6.07, 6.45) is 3.90. The van der Waals surface area contributed by atoms with Gasteiger partial charge in [0.2, 0.25) is 5.91 Å². The number of hydrogen-bond donors (Lipinski definition) is 2. The Balaban J connectivity index is 1.80. The molecule has 0 saturated carbocycles. The van der Waals surface area contributed by atoms with Crippen molar-refractivity contribution >= 4 is 33.1 Å². The molecule has 2 heterocycles. The molecule has 1 aliphatic rings. The number of benzene rings is 1. The van der Waals surface area contributed by atoms with Crippen LogP contribution < -0.4 is 10.6 Å². The molecule has 1 unspecified atom stereocenters. The zero-order chi connectivity index (χ0) is 14.0. The fourth-order valence-electron chi connectivity index (χ4n) is 2.94. The molecular weight excluding hydrogens is 270 g/mol. The SMILES string of the molecule is CCCC1(C(=O)Nc2ccc3ncsc3c2)CCCN1. The van der Waals surface area contributed by atoms with Crippen molar-refractivity contribution in [3.8, 4) is 0 Å². The molecule has 5 heteroatoms. The van der Waals surface area contributed by atoms with Crippen LogP contribution >= 0.6 is 11.3 Å². The van der Waals surface area contributed by atoms with Crippen LogP contribution in [0, 0.1) is 0 Å². The molecule has 1 fully saturated rings. The second-order valence-electron chi connectivity index (χ2n) is 5.35. The second-order valence-corrected chi connectivity index (χ2v) is 6.24. The monoisotopic (exact) mass is 289 g/mol. The van der Waals surface area contributed by atoms with Gasteiger partial charge in [-0.1, -0.05) is 13.3 Å². The Morgan fingerprint density at radius 2 is 2.45 bits per heavy atom. The highest BCUT2D eigenvalue weighted by Crippen LogP contribution is 2.28. The van der Waals surface area contributed by atoms with E-state index in [9.17, 15) is 4.79 Å². The van der Waals surface area contributed by atoms with Crippen LogP contribution in [0.3, 0.4) is 0 Å². The average molecular weight is 289 g/mol. The maximum atomic E-state index is 12.6. The summed E-state index contributed by atoms with van der Waals surface area (Å²) in [5.41, 5.74) is 3.29. The quantitative estimate of drug-likeness (QED) is 0.909. The summed E-state index contributed by atoms with van der Waals surface area (Å²) in [6, 6.07) is 5.88. The number of anilines is 1. The van der Waals surface area contributed by atoms with Crippen molar-refractivity contribution in [2.45, 2.75) is 38.1 Å². The molecule has 1 saturated heterocycles. The predicted molar refractivity (Wildman–Crippen MR) is 83.1 cm³/mol. The lowest BCUT2D eigenvalue weighted by Gasteiger charge is -2.27. The molecular formula is C15H19N3OS. The number of thiazole rings is 1. The molecule has 2 aromatic rings. The van der Waals surface area contributed by atoms with Gasteiger partial charge in [-0.3, -0.25) is 4.79 Å². The lowest BCUT2D eigenvalue weighted by molar-refractivity contribution is -0.122. The first-order chi connectivity index (χ1) is 9.73. The van der Waals surface area contributed by atoms with Crippen molar-refractivity contribution in [1.82, 2.24) is 10.3 Å². The van der Waals surface area contributed by atoms with Gasteiger partial charge >= 0.3 is 0 Å². The summed E-state index contributed by atoms with van der Waals surface area (Å²) >= 11 is 1.59. The third kappa shape index (κ3) is 2.43. The average Bonchev–Trinajstić information content (AvgIpc) is 3.08. The van der Waals surface area contributed by atoms with E-state index in [-0.39, 0.29) is 11.4 Å². The highest BCUT2D eigenvalue weighted by molar-refractivity contribution is 7.16. The van der Waals surface area contributed by atoms with Crippen LogP contribution in [0.2, 0.25) is 0 Å². The molecule has 1 aromatic heterocycles. The molecule has 0 radical (unpaired) electrons. The lowest BCUT2D eigenvalue weighted by atomic mass is 9.91. The molecule has 20 heavy (non-hydrogen) atoms. The van der Waals surface area contributed by atoms with E-state index in [0.717, 1.165) is 48.1 Å². The van der Waals surface area contributed by atoms with Crippen molar-refractivity contribution < 1.29 is 4.79 Å². The van der Waals surface area contributed by atoms with Crippen molar-refractivity contribution in [2.24, 2.45) is 0 Å². The molecule has 1 amide bonds. The molecule has 0 spiro atoms. The Bertz CT molecular complexity index is 616. The van der Waals surface area contributed by atoms with Crippen molar-refractivity contribution in [2.75, 3.05) is 11.9 Å². The molecule has 2 N–H and O–H groups in total. The van der Waals surface area contributed by atoms with Gasteiger partial charge in [-0.15, -0.1) is 11.3 Å². The first-order valence-corrected chi connectivity index (χ1v) is 8.01. The number of aromatic nitrogens is 1. The van der Waals surface area contributed by atoms with E-state index in [1.807, 2.05) is 23.7 Å². The Kier molecular flexibility index (Phi) is 3.72. The van der Waals surface area contributed by atoms with Gasteiger partial charge in [0.25, 0.3) is 0 Å². The normalized spacial score (nSPS) is 22.2. The number of carbonyl (C=O) groups excluding carboxylic acids is 1. The summed E-state index contributed by atoms with van der Waals surface area (Å²) in [6.45, 7) is 3.06. The summed E-state index contributed by atoms with van der Waals surface area (Å²) < 4.78 is 1.10. The Labute approximate surface area is 122 Å². The van der Waals surface area contributed by atoms with Crippen molar-refractivity contribution in [3.05, 3.63) is 23.7 Å². The van der Waals surface area contributed by atoms with E-state index in [0.29, 0.717) is 0 Å². The number of nitrogens with zero attached hydrogens (tertiary/aromatic N) is 1. The van der Waals surface area contributed by atoms with Gasteiger partial charge in [-0.2, -0.15) is 0 Å². The van der Waals surface area contributed by atoms with Gasteiger partial charge in [0.1, 0.15) is 0 Å². The van der Waals surface area contributed by atoms with Crippen LogP contribution in [0.5, 0.6) is 0 Å². The fraction of sp³-hybridized carbons (Fsp3) is 0.467. The fourth-order valence-corrected chi connectivity index (χ4v) is 3.65. The predicted octanol–water partition coefficient (Wildman–Crippen LogP) is 3.16. The standard InChI is InChI=1S/C15H19N3OS/c1-2-6-15(7-3-8-17-15)14(19)18-11-4-5-12-13(9-11)20-10-16-12/h4-5,9-10,17H,2-3,6-8H2,1H3,(H,18,19). The first-order valence-electron chi connectivity index (χ1n) is 7.13. The number of fused-ring (bicyclic) bond motifs is 1. The Morgan fingerprint density at radius 1 is 1.55 bits per heavy atom. The number of hydrogen-bond acceptors (Lipinski definition) is 4. The largest absolute Gasteiger partial charge is 0.324 e. The van der Waals surface area contributed by atoms with E-state index in [1.54, 1.807) is 11.3 Å². The zero-order valence-corrected chi connectivity index (χ0v) is 12.4. The third-order valence-electron chi connectivity index (χ3n) is 3.94. The topological polar surface area (TPSA) is 54.0 Å². The van der Waals surface area contributed by atoms with E-state index < -0.39 is 0 Å². The van der Waals surface area contributed by atoms with Gasteiger partial charge in [-0.05, 0) is 44.0 Å². The minimum atomic E-state index is -0.378. The minimum absolute atomic E-state index is 0.0979. The van der Waals surface area contributed by atoms with Crippen LogP contribution in [0.25, 0.3) is 10.2 Å². The molecule has 0 bridgehead atoms. The van der Waals surface area contributed by atoms with Crippen LogP contribution in [-0.4, -0.2) is 23.0 Å². The van der Waals surface area contributed by atoms with E-state index >= 15 is 0 Å². The molecule has 0 aliphatic carbocycles. The maximum Gasteiger partial charge on any atom is 0.244 e. The van der Waals surface area contributed by atoms with Crippen LogP contribution in [0.4, 0.5) is 5.69 Å². The lowest BCUT2D eigenvalue weighted by Crippen LogP contribution is -2.50. The molecule has 1 atom stereocenters. The minimum Gasteiger partial charge on any atom is -0.324 e. The molecule has 4 nitrogen and oxygen atoms in total. The number of carbonyl (C=O) groups is 1. The Morgan fingerprint density at radius 3 is 3.20 bits per heavy atom. The van der Waals surface area contributed by atoms with Crippen LogP contribution in [0.15, 0.2) is 23.7 Å². The second kappa shape index (κ2) is 5.50. The highest BCUT2D eigenvalue weighted by atomic mass is 32.1. The van der Waals surface area contributed by atoms with Gasteiger partial charge in [-0.25, -0.2) is 4.98 Å². The van der Waals surface area contributed by atoms with Crippen LogP contribution in [-0.2, 0) is 4.79 Å². The number of nitrogens with one attached hydrogen (secondary N) is 2. The molecule has 106 valence electrons. The summed E-state index contributed by atoms with van der Waals surface area (Å²) in [5.74, 6) is 0.0979. The van der Waals surface area contributed by atoms with Crippen molar-refractivity contribution in [1.29, 1.82) is 0 Å². The number of rotatable bonds is 4. The number of amides is 1. The van der Waals surface area contributed by atoms with E-state index in [2.05, 4.69) is 22.5 Å².